The number of para-hydroxylation sites is 1. The van der Waals surface area contributed by atoms with Crippen LogP contribution in [-0.2, 0) is 0 Å². The molecule has 3 nitrogen and oxygen atoms in total. The summed E-state index contributed by atoms with van der Waals surface area (Å²) in [6.45, 7) is 0. The number of nitrogens with zero attached hydrogens (tertiary/aromatic N) is 3. The highest BCUT2D eigenvalue weighted by Gasteiger charge is 2.16. The van der Waals surface area contributed by atoms with Crippen molar-refractivity contribution < 1.29 is 0 Å². The van der Waals surface area contributed by atoms with Crippen LogP contribution in [0.4, 0.5) is 0 Å². The molecule has 4 heterocycles. The molecule has 0 fully saturated rings. The summed E-state index contributed by atoms with van der Waals surface area (Å²) >= 11 is 1.80. The van der Waals surface area contributed by atoms with Gasteiger partial charge in [-0.2, -0.15) is 0 Å². The highest BCUT2D eigenvalue weighted by molar-refractivity contribution is 7.18. The largest absolute Gasteiger partial charge is 0.294 e. The molecule has 2 aromatic carbocycles. The summed E-state index contributed by atoms with van der Waals surface area (Å²) < 4.78 is 3.59. The normalized spacial score (nSPS) is 11.6. The average Bonchev–Trinajstić information content (AvgIpc) is 3.36. The molecule has 0 unspecified atom stereocenters. The first-order valence-corrected chi connectivity index (χ1v) is 10.1. The van der Waals surface area contributed by atoms with Crippen LogP contribution in [0, 0.1) is 0 Å². The first-order chi connectivity index (χ1) is 13.9. The monoisotopic (exact) mass is 377 g/mol. The number of fused-ring (bicyclic) bond motifs is 5. The summed E-state index contributed by atoms with van der Waals surface area (Å²) in [6, 6.07) is 27.2. The van der Waals surface area contributed by atoms with Gasteiger partial charge in [0.15, 0.2) is 0 Å². The van der Waals surface area contributed by atoms with Gasteiger partial charge in [-0.25, -0.2) is 4.98 Å². The second kappa shape index (κ2) is 6.01. The molecule has 4 heteroatoms. The second-order valence-corrected chi connectivity index (χ2v) is 7.66. The number of hydrogen-bond donors (Lipinski definition) is 0. The highest BCUT2D eigenvalue weighted by Crippen LogP contribution is 2.38. The Balaban J connectivity index is 1.71. The molecule has 0 bridgehead atoms. The number of pyridine rings is 2. The Labute approximate surface area is 165 Å². The molecule has 132 valence electrons. The molecule has 0 aliphatic carbocycles. The fraction of sp³-hybridized carbons (Fsp3) is 0. The van der Waals surface area contributed by atoms with E-state index in [1.165, 1.54) is 31.9 Å². The van der Waals surface area contributed by atoms with Crippen molar-refractivity contribution in [1.29, 1.82) is 0 Å². The van der Waals surface area contributed by atoms with E-state index in [0.717, 1.165) is 17.2 Å². The fourth-order valence-corrected chi connectivity index (χ4v) is 4.89. The number of rotatable bonds is 2. The summed E-state index contributed by atoms with van der Waals surface area (Å²) in [6.07, 6.45) is 1.80. The number of aromatic nitrogens is 3. The minimum absolute atomic E-state index is 0.876. The average molecular weight is 377 g/mol. The fourth-order valence-electron chi connectivity index (χ4n) is 3.93. The predicted molar refractivity (Wildman–Crippen MR) is 117 cm³/mol. The zero-order valence-corrected chi connectivity index (χ0v) is 15.7. The Hall–Kier alpha value is -3.50. The van der Waals surface area contributed by atoms with E-state index < -0.39 is 0 Å². The number of thiophene rings is 1. The van der Waals surface area contributed by atoms with Gasteiger partial charge in [0.25, 0.3) is 0 Å². The molecular weight excluding hydrogens is 362 g/mol. The van der Waals surface area contributed by atoms with E-state index in [0.29, 0.717) is 0 Å². The van der Waals surface area contributed by atoms with Crippen LogP contribution in [0.15, 0.2) is 90.4 Å². The van der Waals surface area contributed by atoms with Gasteiger partial charge in [-0.15, -0.1) is 11.3 Å². The molecule has 4 aromatic heterocycles. The SMILES string of the molecule is c1ccc(-c2cccc(-n3c4ccccc4c4c5sccc5ccc43)n2)nc1. The maximum Gasteiger partial charge on any atom is 0.138 e. The maximum atomic E-state index is 4.96. The third kappa shape index (κ3) is 2.22. The molecule has 0 N–H and O–H groups in total. The Bertz CT molecular complexity index is 1460. The van der Waals surface area contributed by atoms with Gasteiger partial charge in [0.05, 0.1) is 22.4 Å². The summed E-state index contributed by atoms with van der Waals surface area (Å²) in [5.74, 6) is 0.908. The number of benzene rings is 2. The van der Waals surface area contributed by atoms with Crippen molar-refractivity contribution in [2.75, 3.05) is 0 Å². The maximum absolute atomic E-state index is 4.96. The smallest absolute Gasteiger partial charge is 0.138 e. The lowest BCUT2D eigenvalue weighted by atomic mass is 10.1. The van der Waals surface area contributed by atoms with Crippen molar-refractivity contribution in [1.82, 2.24) is 14.5 Å². The molecular formula is C24H15N3S. The van der Waals surface area contributed by atoms with Crippen LogP contribution in [0.1, 0.15) is 0 Å². The molecule has 6 rings (SSSR count). The predicted octanol–water partition coefficient (Wildman–Crippen LogP) is 6.46. The van der Waals surface area contributed by atoms with Crippen LogP contribution in [0.5, 0.6) is 0 Å². The van der Waals surface area contributed by atoms with Gasteiger partial charge in [0.1, 0.15) is 5.82 Å². The molecule has 6 aromatic rings. The van der Waals surface area contributed by atoms with E-state index in [1.807, 2.05) is 24.3 Å². The summed E-state index contributed by atoms with van der Waals surface area (Å²) in [4.78, 5) is 9.42. The van der Waals surface area contributed by atoms with Gasteiger partial charge in [-0.3, -0.25) is 9.55 Å². The van der Waals surface area contributed by atoms with Crippen LogP contribution in [0.25, 0.3) is 49.1 Å². The van der Waals surface area contributed by atoms with Crippen LogP contribution in [-0.4, -0.2) is 14.5 Å². The summed E-state index contributed by atoms with van der Waals surface area (Å²) in [7, 11) is 0. The lowest BCUT2D eigenvalue weighted by Gasteiger charge is -2.08. The lowest BCUT2D eigenvalue weighted by Crippen LogP contribution is -1.98. The molecule has 0 atom stereocenters. The third-order valence-electron chi connectivity index (χ3n) is 5.15. The zero-order valence-electron chi connectivity index (χ0n) is 14.9. The summed E-state index contributed by atoms with van der Waals surface area (Å²) in [5.41, 5.74) is 4.11. The third-order valence-corrected chi connectivity index (χ3v) is 6.09. The zero-order chi connectivity index (χ0) is 18.5. The Morgan fingerprint density at radius 3 is 2.54 bits per heavy atom. The molecule has 0 spiro atoms. The van der Waals surface area contributed by atoms with Crippen molar-refractivity contribution in [2.45, 2.75) is 0 Å². The van der Waals surface area contributed by atoms with E-state index in [1.54, 1.807) is 17.5 Å². The van der Waals surface area contributed by atoms with Gasteiger partial charge < -0.3 is 0 Å². The van der Waals surface area contributed by atoms with E-state index >= 15 is 0 Å². The van der Waals surface area contributed by atoms with E-state index in [-0.39, 0.29) is 0 Å². The van der Waals surface area contributed by atoms with E-state index in [4.69, 9.17) is 4.98 Å². The van der Waals surface area contributed by atoms with Gasteiger partial charge in [0.2, 0.25) is 0 Å². The van der Waals surface area contributed by atoms with Crippen LogP contribution < -0.4 is 0 Å². The topological polar surface area (TPSA) is 30.7 Å². The first kappa shape index (κ1) is 15.5. The van der Waals surface area contributed by atoms with Crippen LogP contribution in [0.3, 0.4) is 0 Å². The Morgan fingerprint density at radius 1 is 0.714 bits per heavy atom. The van der Waals surface area contributed by atoms with Crippen molar-refractivity contribution >= 4 is 43.2 Å². The van der Waals surface area contributed by atoms with Gasteiger partial charge >= 0.3 is 0 Å². The highest BCUT2D eigenvalue weighted by atomic mass is 32.1. The van der Waals surface area contributed by atoms with Crippen molar-refractivity contribution in [3.8, 4) is 17.2 Å². The Morgan fingerprint density at radius 2 is 1.61 bits per heavy atom. The minimum atomic E-state index is 0.876. The molecule has 0 aliphatic heterocycles. The van der Waals surface area contributed by atoms with E-state index in [2.05, 4.69) is 69.5 Å². The first-order valence-electron chi connectivity index (χ1n) is 9.18. The van der Waals surface area contributed by atoms with Gasteiger partial charge in [-0.05, 0) is 53.2 Å². The van der Waals surface area contributed by atoms with Crippen LogP contribution >= 0.6 is 11.3 Å². The molecule has 0 radical (unpaired) electrons. The van der Waals surface area contributed by atoms with E-state index in [9.17, 15) is 0 Å². The lowest BCUT2D eigenvalue weighted by molar-refractivity contribution is 1.08. The molecule has 0 saturated carbocycles. The minimum Gasteiger partial charge on any atom is -0.294 e. The molecule has 28 heavy (non-hydrogen) atoms. The van der Waals surface area contributed by atoms with Crippen molar-refractivity contribution in [3.63, 3.8) is 0 Å². The molecule has 0 saturated heterocycles. The van der Waals surface area contributed by atoms with Crippen LogP contribution in [0.2, 0.25) is 0 Å². The molecule has 0 aliphatic rings. The number of hydrogen-bond acceptors (Lipinski definition) is 3. The van der Waals surface area contributed by atoms with Crippen molar-refractivity contribution in [2.24, 2.45) is 0 Å². The quantitative estimate of drug-likeness (QED) is 0.347. The standard InChI is InChI=1S/C24H15N3S/c1-2-9-20-17(6-1)23-21(12-11-16-13-15-28-24(16)23)27(20)22-10-5-8-19(26-22)18-7-3-4-14-25-18/h1-15H. The van der Waals surface area contributed by atoms with Gasteiger partial charge in [0, 0.05) is 21.7 Å². The molecule has 0 amide bonds. The second-order valence-electron chi connectivity index (χ2n) is 6.75. The van der Waals surface area contributed by atoms with Gasteiger partial charge in [-0.1, -0.05) is 36.4 Å². The van der Waals surface area contributed by atoms with Crippen molar-refractivity contribution in [3.05, 3.63) is 90.4 Å². The Kier molecular flexibility index (Phi) is 3.34. The summed E-state index contributed by atoms with van der Waals surface area (Å²) in [5, 5.41) is 6.01.